The Morgan fingerprint density at radius 3 is 2.84 bits per heavy atom. The maximum absolute atomic E-state index is 12.3. The van der Waals surface area contributed by atoms with Gasteiger partial charge in [0.25, 0.3) is 11.6 Å². The van der Waals surface area contributed by atoms with E-state index in [4.69, 9.17) is 0 Å². The molecular formula is C12H13N3O4. The van der Waals surface area contributed by atoms with Gasteiger partial charge < -0.3 is 10.2 Å². The van der Waals surface area contributed by atoms with Crippen LogP contribution in [-0.2, 0) is 4.79 Å². The van der Waals surface area contributed by atoms with E-state index in [0.717, 1.165) is 0 Å². The number of benzene rings is 1. The number of carbonyl (C=O) groups excluding carboxylic acids is 2. The molecule has 0 aliphatic carbocycles. The number of nitrogens with zero attached hydrogens (tertiary/aromatic N) is 2. The lowest BCUT2D eigenvalue weighted by molar-refractivity contribution is -0.384. The lowest BCUT2D eigenvalue weighted by Crippen LogP contribution is -2.50. The minimum absolute atomic E-state index is 0.0129. The SMILES string of the molecule is Cc1ccc([N+](=O)[O-])cc1C(=O)N1CCNC(=O)C1. The van der Waals surface area contributed by atoms with Gasteiger partial charge in [0.05, 0.1) is 11.5 Å². The van der Waals surface area contributed by atoms with E-state index in [0.29, 0.717) is 18.7 Å². The van der Waals surface area contributed by atoms with Gasteiger partial charge in [-0.25, -0.2) is 0 Å². The molecule has 0 atom stereocenters. The number of piperazine rings is 1. The lowest BCUT2D eigenvalue weighted by Gasteiger charge is -2.27. The number of nitro benzene ring substituents is 1. The predicted octanol–water partition coefficient (Wildman–Crippen LogP) is 0.475. The van der Waals surface area contributed by atoms with Crippen molar-refractivity contribution < 1.29 is 14.5 Å². The first-order chi connectivity index (χ1) is 8.99. The molecule has 1 fully saturated rings. The Labute approximate surface area is 109 Å². The Balaban J connectivity index is 2.29. The Hall–Kier alpha value is -2.44. The topological polar surface area (TPSA) is 92.6 Å². The van der Waals surface area contributed by atoms with Gasteiger partial charge in [0.2, 0.25) is 5.91 Å². The smallest absolute Gasteiger partial charge is 0.270 e. The highest BCUT2D eigenvalue weighted by Gasteiger charge is 2.24. The molecule has 0 radical (unpaired) electrons. The van der Waals surface area contributed by atoms with E-state index in [2.05, 4.69) is 5.32 Å². The Morgan fingerprint density at radius 1 is 1.47 bits per heavy atom. The second-order valence-corrected chi connectivity index (χ2v) is 4.33. The fourth-order valence-electron chi connectivity index (χ4n) is 1.94. The largest absolute Gasteiger partial charge is 0.353 e. The molecule has 2 amide bonds. The number of nitrogens with one attached hydrogen (secondary N) is 1. The molecule has 1 aliphatic rings. The van der Waals surface area contributed by atoms with E-state index in [9.17, 15) is 19.7 Å². The van der Waals surface area contributed by atoms with Crippen molar-refractivity contribution >= 4 is 17.5 Å². The molecule has 100 valence electrons. The van der Waals surface area contributed by atoms with Crippen LogP contribution in [0.1, 0.15) is 15.9 Å². The van der Waals surface area contributed by atoms with Gasteiger partial charge in [-0.1, -0.05) is 6.07 Å². The molecule has 1 aliphatic heterocycles. The molecule has 1 saturated heterocycles. The molecule has 7 nitrogen and oxygen atoms in total. The summed E-state index contributed by atoms with van der Waals surface area (Å²) in [5.41, 5.74) is 0.792. The highest BCUT2D eigenvalue weighted by molar-refractivity contribution is 5.98. The van der Waals surface area contributed by atoms with E-state index >= 15 is 0 Å². The summed E-state index contributed by atoms with van der Waals surface area (Å²) < 4.78 is 0. The maximum Gasteiger partial charge on any atom is 0.270 e. The van der Waals surface area contributed by atoms with E-state index in [-0.39, 0.29) is 29.6 Å². The van der Waals surface area contributed by atoms with Crippen molar-refractivity contribution in [3.63, 3.8) is 0 Å². The van der Waals surface area contributed by atoms with Crippen molar-refractivity contribution in [2.75, 3.05) is 19.6 Å². The molecule has 0 aromatic heterocycles. The molecule has 19 heavy (non-hydrogen) atoms. The third-order valence-corrected chi connectivity index (χ3v) is 2.99. The monoisotopic (exact) mass is 263 g/mol. The fraction of sp³-hybridized carbons (Fsp3) is 0.333. The van der Waals surface area contributed by atoms with E-state index in [1.165, 1.54) is 23.1 Å². The van der Waals surface area contributed by atoms with Crippen molar-refractivity contribution in [2.24, 2.45) is 0 Å². The van der Waals surface area contributed by atoms with E-state index in [1.54, 1.807) is 6.92 Å². The molecule has 1 heterocycles. The van der Waals surface area contributed by atoms with Crippen LogP contribution in [0.4, 0.5) is 5.69 Å². The van der Waals surface area contributed by atoms with Crippen LogP contribution in [0.15, 0.2) is 18.2 Å². The van der Waals surface area contributed by atoms with Crippen molar-refractivity contribution in [3.8, 4) is 0 Å². The molecule has 2 rings (SSSR count). The summed E-state index contributed by atoms with van der Waals surface area (Å²) in [7, 11) is 0. The highest BCUT2D eigenvalue weighted by Crippen LogP contribution is 2.19. The van der Waals surface area contributed by atoms with Crippen LogP contribution in [-0.4, -0.2) is 41.3 Å². The molecule has 1 aromatic rings. The highest BCUT2D eigenvalue weighted by atomic mass is 16.6. The van der Waals surface area contributed by atoms with E-state index in [1.807, 2.05) is 0 Å². The van der Waals surface area contributed by atoms with Crippen LogP contribution in [0.2, 0.25) is 0 Å². The first-order valence-corrected chi connectivity index (χ1v) is 5.80. The summed E-state index contributed by atoms with van der Waals surface area (Å²) in [6.45, 7) is 2.51. The maximum atomic E-state index is 12.3. The zero-order valence-corrected chi connectivity index (χ0v) is 10.4. The normalized spacial score (nSPS) is 15.0. The third-order valence-electron chi connectivity index (χ3n) is 2.99. The average molecular weight is 263 g/mol. The van der Waals surface area contributed by atoms with Gasteiger partial charge >= 0.3 is 0 Å². The molecule has 0 saturated carbocycles. The molecule has 1 aromatic carbocycles. The number of aryl methyl sites for hydroxylation is 1. The minimum Gasteiger partial charge on any atom is -0.353 e. The summed E-state index contributed by atoms with van der Waals surface area (Å²) in [5, 5.41) is 13.4. The zero-order chi connectivity index (χ0) is 14.0. The van der Waals surface area contributed by atoms with Crippen LogP contribution < -0.4 is 5.32 Å². The van der Waals surface area contributed by atoms with Crippen molar-refractivity contribution in [1.29, 1.82) is 0 Å². The Kier molecular flexibility index (Phi) is 3.46. The van der Waals surface area contributed by atoms with Crippen LogP contribution in [0.3, 0.4) is 0 Å². The van der Waals surface area contributed by atoms with Gasteiger partial charge in [-0.2, -0.15) is 0 Å². The number of hydrogen-bond acceptors (Lipinski definition) is 4. The Bertz CT molecular complexity index is 556. The quantitative estimate of drug-likeness (QED) is 0.620. The molecule has 7 heteroatoms. The standard InChI is InChI=1S/C12H13N3O4/c1-8-2-3-9(15(18)19)6-10(8)12(17)14-5-4-13-11(16)7-14/h2-3,6H,4-5,7H2,1H3,(H,13,16). The van der Waals surface area contributed by atoms with Gasteiger partial charge in [-0.3, -0.25) is 19.7 Å². The number of hydrogen-bond donors (Lipinski definition) is 1. The summed E-state index contributed by atoms with van der Waals surface area (Å²) in [6.07, 6.45) is 0. The van der Waals surface area contributed by atoms with Crippen LogP contribution in [0.25, 0.3) is 0 Å². The first kappa shape index (κ1) is 13.0. The van der Waals surface area contributed by atoms with Crippen molar-refractivity contribution in [2.45, 2.75) is 6.92 Å². The van der Waals surface area contributed by atoms with Crippen molar-refractivity contribution in [1.82, 2.24) is 10.2 Å². The average Bonchev–Trinajstić information content (AvgIpc) is 2.38. The van der Waals surface area contributed by atoms with Gasteiger partial charge in [0, 0.05) is 30.8 Å². The molecule has 0 spiro atoms. The predicted molar refractivity (Wildman–Crippen MR) is 66.7 cm³/mol. The van der Waals surface area contributed by atoms with Crippen LogP contribution in [0.5, 0.6) is 0 Å². The van der Waals surface area contributed by atoms with Crippen LogP contribution in [0, 0.1) is 17.0 Å². The Morgan fingerprint density at radius 2 is 2.21 bits per heavy atom. The van der Waals surface area contributed by atoms with Gasteiger partial charge in [0.15, 0.2) is 0 Å². The number of nitro groups is 1. The lowest BCUT2D eigenvalue weighted by atomic mass is 10.1. The summed E-state index contributed by atoms with van der Waals surface area (Å²) in [5.74, 6) is -0.571. The summed E-state index contributed by atoms with van der Waals surface area (Å²) in [4.78, 5) is 35.1. The fourth-order valence-corrected chi connectivity index (χ4v) is 1.94. The second kappa shape index (κ2) is 5.05. The third kappa shape index (κ3) is 2.70. The van der Waals surface area contributed by atoms with Gasteiger partial charge in [-0.15, -0.1) is 0 Å². The molecular weight excluding hydrogens is 250 g/mol. The van der Waals surface area contributed by atoms with Gasteiger partial charge in [0.1, 0.15) is 0 Å². The van der Waals surface area contributed by atoms with E-state index < -0.39 is 4.92 Å². The summed E-state index contributed by atoms with van der Waals surface area (Å²) >= 11 is 0. The van der Waals surface area contributed by atoms with Crippen LogP contribution >= 0.6 is 0 Å². The first-order valence-electron chi connectivity index (χ1n) is 5.80. The number of amides is 2. The number of non-ortho nitro benzene ring substituents is 1. The number of rotatable bonds is 2. The summed E-state index contributed by atoms with van der Waals surface area (Å²) in [6, 6.07) is 4.15. The van der Waals surface area contributed by atoms with Gasteiger partial charge in [-0.05, 0) is 12.5 Å². The second-order valence-electron chi connectivity index (χ2n) is 4.33. The molecule has 1 N–H and O–H groups in total. The molecule has 0 unspecified atom stereocenters. The zero-order valence-electron chi connectivity index (χ0n) is 10.4. The van der Waals surface area contributed by atoms with Crippen molar-refractivity contribution in [3.05, 3.63) is 39.4 Å². The molecule has 0 bridgehead atoms. The minimum atomic E-state index is -0.543. The number of carbonyl (C=O) groups is 2.